The highest BCUT2D eigenvalue weighted by atomic mass is 16.5. The van der Waals surface area contributed by atoms with Crippen molar-refractivity contribution in [2.24, 2.45) is 4.99 Å². The average Bonchev–Trinajstić information content (AvgIpc) is 2.68. The Labute approximate surface area is 157 Å². The Bertz CT molecular complexity index is 1100. The van der Waals surface area contributed by atoms with Gasteiger partial charge in [-0.25, -0.2) is 9.98 Å². The highest BCUT2D eigenvalue weighted by Crippen LogP contribution is 2.34. The van der Waals surface area contributed by atoms with Crippen LogP contribution in [0.15, 0.2) is 77.1 Å². The highest BCUT2D eigenvalue weighted by Gasteiger charge is 2.21. The normalized spacial score (nSPS) is 15.8. The van der Waals surface area contributed by atoms with Gasteiger partial charge in [-0.05, 0) is 12.1 Å². The van der Waals surface area contributed by atoms with Gasteiger partial charge in [0.05, 0.1) is 35.2 Å². The predicted octanol–water partition coefficient (Wildman–Crippen LogP) is 4.02. The number of rotatable bonds is 3. The SMILES string of the molecule is COC1=CC(=Nc2c3ccccc3nc3ccccc23)C(N(C)C)=CC1=O. The maximum Gasteiger partial charge on any atom is 0.222 e. The Balaban J connectivity index is 2.04. The maximum atomic E-state index is 12.2. The molecule has 0 unspecified atom stereocenters. The maximum absolute atomic E-state index is 12.2. The van der Waals surface area contributed by atoms with E-state index in [1.54, 1.807) is 12.2 Å². The smallest absolute Gasteiger partial charge is 0.222 e. The van der Waals surface area contributed by atoms with Crippen molar-refractivity contribution in [3.05, 3.63) is 72.1 Å². The van der Waals surface area contributed by atoms with E-state index in [-0.39, 0.29) is 11.5 Å². The fourth-order valence-electron chi connectivity index (χ4n) is 3.20. The first kappa shape index (κ1) is 17.0. The number of hydrogen-bond donors (Lipinski definition) is 0. The van der Waals surface area contributed by atoms with Crippen molar-refractivity contribution >= 4 is 39.0 Å². The highest BCUT2D eigenvalue weighted by molar-refractivity contribution is 6.22. The van der Waals surface area contributed by atoms with E-state index in [0.717, 1.165) is 33.2 Å². The lowest BCUT2D eigenvalue weighted by Crippen LogP contribution is -2.24. The summed E-state index contributed by atoms with van der Waals surface area (Å²) in [6.07, 6.45) is 3.25. The summed E-state index contributed by atoms with van der Waals surface area (Å²) >= 11 is 0. The Morgan fingerprint density at radius 1 is 0.926 bits per heavy atom. The van der Waals surface area contributed by atoms with Gasteiger partial charge in [0, 0.05) is 37.0 Å². The van der Waals surface area contributed by atoms with E-state index in [1.807, 2.05) is 67.5 Å². The summed E-state index contributed by atoms with van der Waals surface area (Å²) in [5.74, 6) is 0.117. The molecular weight excluding hydrogens is 338 g/mol. The van der Waals surface area contributed by atoms with E-state index >= 15 is 0 Å². The van der Waals surface area contributed by atoms with E-state index in [4.69, 9.17) is 14.7 Å². The van der Waals surface area contributed by atoms with E-state index in [9.17, 15) is 4.79 Å². The number of aliphatic imine (C=N–C) groups is 1. The van der Waals surface area contributed by atoms with Gasteiger partial charge in [-0.3, -0.25) is 4.79 Å². The van der Waals surface area contributed by atoms with Crippen LogP contribution in [0.25, 0.3) is 21.8 Å². The zero-order chi connectivity index (χ0) is 19.0. The lowest BCUT2D eigenvalue weighted by molar-refractivity contribution is -0.114. The van der Waals surface area contributed by atoms with E-state index in [1.165, 1.54) is 7.11 Å². The number of ether oxygens (including phenoxy) is 1. The van der Waals surface area contributed by atoms with Gasteiger partial charge in [-0.15, -0.1) is 0 Å². The van der Waals surface area contributed by atoms with Crippen LogP contribution in [0.4, 0.5) is 5.69 Å². The number of fused-ring (bicyclic) bond motifs is 2. The monoisotopic (exact) mass is 357 g/mol. The fourth-order valence-corrected chi connectivity index (χ4v) is 3.20. The summed E-state index contributed by atoms with van der Waals surface area (Å²) in [7, 11) is 5.28. The number of benzene rings is 2. The van der Waals surface area contributed by atoms with Crippen LogP contribution in [-0.2, 0) is 9.53 Å². The Morgan fingerprint density at radius 2 is 1.52 bits per heavy atom. The van der Waals surface area contributed by atoms with Crippen LogP contribution in [0.5, 0.6) is 0 Å². The number of carbonyl (C=O) groups is 1. The van der Waals surface area contributed by atoms with Crippen LogP contribution in [0.1, 0.15) is 0 Å². The molecule has 1 aliphatic rings. The number of methoxy groups -OCH3 is 1. The van der Waals surface area contributed by atoms with Gasteiger partial charge in [0.1, 0.15) is 0 Å². The molecule has 134 valence electrons. The van der Waals surface area contributed by atoms with Crippen LogP contribution >= 0.6 is 0 Å². The molecule has 1 aromatic heterocycles. The molecule has 0 bridgehead atoms. The fraction of sp³-hybridized carbons (Fsp3) is 0.136. The lowest BCUT2D eigenvalue weighted by Gasteiger charge is -2.21. The summed E-state index contributed by atoms with van der Waals surface area (Å²) < 4.78 is 5.23. The quantitative estimate of drug-likeness (QED) is 0.525. The second-order valence-electron chi connectivity index (χ2n) is 6.49. The first-order valence-corrected chi connectivity index (χ1v) is 8.64. The Kier molecular flexibility index (Phi) is 4.20. The molecule has 0 amide bonds. The van der Waals surface area contributed by atoms with Gasteiger partial charge in [-0.2, -0.15) is 0 Å². The molecule has 5 nitrogen and oxygen atoms in total. The number of hydrogen-bond acceptors (Lipinski definition) is 5. The molecule has 0 aliphatic heterocycles. The summed E-state index contributed by atoms with van der Waals surface area (Å²) in [6.45, 7) is 0. The number of pyridine rings is 1. The van der Waals surface area contributed by atoms with Crippen molar-refractivity contribution in [1.29, 1.82) is 0 Å². The molecule has 0 atom stereocenters. The standard InChI is InChI=1S/C22H19N3O2/c1-25(2)19-13-20(26)21(27-3)12-18(19)24-22-14-8-4-6-10-16(14)23-17-11-7-5-9-15(17)22/h4-13H,1-3H3. The molecule has 0 saturated heterocycles. The molecule has 5 heteroatoms. The Morgan fingerprint density at radius 3 is 2.07 bits per heavy atom. The lowest BCUT2D eigenvalue weighted by atomic mass is 10.0. The third-order valence-electron chi connectivity index (χ3n) is 4.53. The van der Waals surface area contributed by atoms with Gasteiger partial charge in [0.25, 0.3) is 0 Å². The zero-order valence-electron chi connectivity index (χ0n) is 15.4. The van der Waals surface area contributed by atoms with Gasteiger partial charge in [0.15, 0.2) is 5.76 Å². The van der Waals surface area contributed by atoms with Crippen LogP contribution in [-0.4, -0.2) is 42.6 Å². The molecule has 1 aliphatic carbocycles. The van der Waals surface area contributed by atoms with E-state index < -0.39 is 0 Å². The summed E-state index contributed by atoms with van der Waals surface area (Å²) in [5, 5.41) is 1.93. The predicted molar refractivity (Wildman–Crippen MR) is 108 cm³/mol. The van der Waals surface area contributed by atoms with Crippen molar-refractivity contribution in [2.45, 2.75) is 0 Å². The van der Waals surface area contributed by atoms with E-state index in [2.05, 4.69) is 0 Å². The van der Waals surface area contributed by atoms with Crippen molar-refractivity contribution in [3.8, 4) is 0 Å². The molecule has 3 aromatic rings. The summed E-state index contributed by atoms with van der Waals surface area (Å²) in [6, 6.07) is 15.9. The van der Waals surface area contributed by atoms with Crippen LogP contribution in [0.2, 0.25) is 0 Å². The number of nitrogens with zero attached hydrogens (tertiary/aromatic N) is 3. The number of allylic oxidation sites excluding steroid dienone is 2. The average molecular weight is 357 g/mol. The molecule has 0 fully saturated rings. The van der Waals surface area contributed by atoms with Crippen molar-refractivity contribution in [2.75, 3.05) is 21.2 Å². The molecule has 4 rings (SSSR count). The topological polar surface area (TPSA) is 54.8 Å². The third kappa shape index (κ3) is 2.97. The van der Waals surface area contributed by atoms with Crippen molar-refractivity contribution in [1.82, 2.24) is 9.88 Å². The molecule has 0 radical (unpaired) electrons. The van der Waals surface area contributed by atoms with Crippen molar-refractivity contribution < 1.29 is 9.53 Å². The molecule has 0 spiro atoms. The Hall–Kier alpha value is -3.47. The van der Waals surface area contributed by atoms with Gasteiger partial charge < -0.3 is 9.64 Å². The van der Waals surface area contributed by atoms with E-state index in [0.29, 0.717) is 5.71 Å². The second-order valence-corrected chi connectivity index (χ2v) is 6.49. The summed E-state index contributed by atoms with van der Waals surface area (Å²) in [5.41, 5.74) is 4.02. The summed E-state index contributed by atoms with van der Waals surface area (Å²) in [4.78, 5) is 23.8. The minimum absolute atomic E-state index is 0.162. The van der Waals surface area contributed by atoms with Gasteiger partial charge >= 0.3 is 0 Å². The van der Waals surface area contributed by atoms with Gasteiger partial charge in [0.2, 0.25) is 5.78 Å². The first-order chi connectivity index (χ1) is 13.1. The third-order valence-corrected chi connectivity index (χ3v) is 4.53. The molecule has 1 heterocycles. The number of para-hydroxylation sites is 2. The number of ketones is 1. The number of carbonyl (C=O) groups excluding carboxylic acids is 1. The number of aromatic nitrogens is 1. The van der Waals surface area contributed by atoms with Crippen LogP contribution in [0, 0.1) is 0 Å². The molecule has 0 saturated carbocycles. The molecule has 27 heavy (non-hydrogen) atoms. The van der Waals surface area contributed by atoms with Crippen LogP contribution in [0.3, 0.4) is 0 Å². The first-order valence-electron chi connectivity index (χ1n) is 8.64. The molecule has 2 aromatic carbocycles. The van der Waals surface area contributed by atoms with Crippen LogP contribution < -0.4 is 0 Å². The van der Waals surface area contributed by atoms with Crippen molar-refractivity contribution in [3.63, 3.8) is 0 Å². The molecule has 0 N–H and O–H groups in total. The minimum atomic E-state index is -0.162. The zero-order valence-corrected chi connectivity index (χ0v) is 15.4. The van der Waals surface area contributed by atoms with Gasteiger partial charge in [-0.1, -0.05) is 36.4 Å². The molecular formula is C22H19N3O2. The second kappa shape index (κ2) is 6.68. The minimum Gasteiger partial charge on any atom is -0.493 e. The largest absolute Gasteiger partial charge is 0.493 e.